The molecule has 0 radical (unpaired) electrons. The van der Waals surface area contributed by atoms with Gasteiger partial charge in [-0.15, -0.1) is 0 Å². The van der Waals surface area contributed by atoms with Gasteiger partial charge in [-0.25, -0.2) is 4.79 Å². The van der Waals surface area contributed by atoms with Gasteiger partial charge in [-0.3, -0.25) is 9.35 Å². The Labute approximate surface area is 159 Å². The van der Waals surface area contributed by atoms with Crippen LogP contribution in [0.15, 0.2) is 29.2 Å². The largest absolute Gasteiger partial charge is 0.513 e. The van der Waals surface area contributed by atoms with E-state index in [2.05, 4.69) is 6.92 Å². The summed E-state index contributed by atoms with van der Waals surface area (Å²) in [7, 11) is -4.31. The summed E-state index contributed by atoms with van der Waals surface area (Å²) in [5.41, 5.74) is 0. The van der Waals surface area contributed by atoms with Crippen LogP contribution in [-0.4, -0.2) is 38.3 Å². The summed E-state index contributed by atoms with van der Waals surface area (Å²) in [5.74, 6) is -0.282. The van der Waals surface area contributed by atoms with Gasteiger partial charge in [0.2, 0.25) is 0 Å². The van der Waals surface area contributed by atoms with Gasteiger partial charge in [0.15, 0.2) is 0 Å². The van der Waals surface area contributed by atoms with E-state index < -0.39 is 16.3 Å². The van der Waals surface area contributed by atoms with E-state index in [4.69, 9.17) is 18.8 Å². The third kappa shape index (κ3) is 10.6. The van der Waals surface area contributed by atoms with Gasteiger partial charge in [-0.05, 0) is 30.7 Å². The Morgan fingerprint density at radius 3 is 2.15 bits per heavy atom. The number of carbonyl (C=O) groups is 2. The molecule has 9 heteroatoms. The van der Waals surface area contributed by atoms with Crippen molar-refractivity contribution in [3.05, 3.63) is 24.3 Å². The van der Waals surface area contributed by atoms with Crippen molar-refractivity contribution in [3.8, 4) is 5.75 Å². The van der Waals surface area contributed by atoms with Crippen molar-refractivity contribution >= 4 is 22.2 Å². The summed E-state index contributed by atoms with van der Waals surface area (Å²) in [6, 6.07) is 4.57. The van der Waals surface area contributed by atoms with Crippen molar-refractivity contribution in [2.75, 3.05) is 13.2 Å². The highest BCUT2D eigenvalue weighted by Gasteiger charge is 2.11. The molecular weight excluding hydrogens is 376 g/mol. The van der Waals surface area contributed by atoms with Gasteiger partial charge in [0, 0.05) is 6.42 Å². The molecule has 0 aliphatic rings. The molecule has 0 aliphatic carbocycles. The van der Waals surface area contributed by atoms with Crippen molar-refractivity contribution in [3.63, 3.8) is 0 Å². The highest BCUT2D eigenvalue weighted by Crippen LogP contribution is 2.16. The minimum Gasteiger partial charge on any atom is -0.462 e. The summed E-state index contributed by atoms with van der Waals surface area (Å²) < 4.78 is 45.2. The predicted octanol–water partition coefficient (Wildman–Crippen LogP) is 3.74. The molecular formula is C18H26O8S. The first kappa shape index (κ1) is 22.9. The molecule has 27 heavy (non-hydrogen) atoms. The van der Waals surface area contributed by atoms with Crippen LogP contribution in [0.3, 0.4) is 0 Å². The first-order chi connectivity index (χ1) is 12.8. The molecule has 0 amide bonds. The lowest BCUT2D eigenvalue weighted by molar-refractivity contribution is -0.144. The van der Waals surface area contributed by atoms with Crippen LogP contribution in [0.5, 0.6) is 5.75 Å². The van der Waals surface area contributed by atoms with Gasteiger partial charge in [-0.1, -0.05) is 39.0 Å². The fourth-order valence-corrected chi connectivity index (χ4v) is 2.69. The quantitative estimate of drug-likeness (QED) is 0.243. The fourth-order valence-electron chi connectivity index (χ4n) is 2.21. The summed E-state index contributed by atoms with van der Waals surface area (Å²) in [6.45, 7) is 1.93. The van der Waals surface area contributed by atoms with Crippen molar-refractivity contribution in [2.45, 2.75) is 56.8 Å². The Hall–Kier alpha value is -2.13. The predicted molar refractivity (Wildman–Crippen MR) is 97.2 cm³/mol. The molecule has 0 atom stereocenters. The van der Waals surface area contributed by atoms with E-state index in [-0.39, 0.29) is 29.8 Å². The Bertz CT molecular complexity index is 682. The zero-order valence-electron chi connectivity index (χ0n) is 15.4. The number of ether oxygens (including phenoxy) is 3. The Kier molecular flexibility index (Phi) is 10.4. The van der Waals surface area contributed by atoms with E-state index in [1.54, 1.807) is 0 Å². The molecule has 0 heterocycles. The Morgan fingerprint density at radius 1 is 0.926 bits per heavy atom. The Morgan fingerprint density at radius 2 is 1.52 bits per heavy atom. The van der Waals surface area contributed by atoms with Gasteiger partial charge in [0.05, 0.1) is 4.90 Å². The van der Waals surface area contributed by atoms with Crippen LogP contribution in [0.2, 0.25) is 0 Å². The van der Waals surface area contributed by atoms with Crippen molar-refractivity contribution < 1.29 is 36.8 Å². The van der Waals surface area contributed by atoms with Crippen LogP contribution < -0.4 is 4.74 Å². The minimum absolute atomic E-state index is 0.0486. The zero-order chi connectivity index (χ0) is 20.1. The van der Waals surface area contributed by atoms with Gasteiger partial charge in [-0.2, -0.15) is 8.42 Å². The molecule has 0 spiro atoms. The lowest BCUT2D eigenvalue weighted by Gasteiger charge is -2.07. The third-order valence-corrected chi connectivity index (χ3v) is 4.49. The summed E-state index contributed by atoms with van der Waals surface area (Å²) >= 11 is 0. The SMILES string of the molecule is CCCCCCCCC(=O)OCCOC(=O)Oc1ccc(S(=O)(=O)O)cc1. The maximum Gasteiger partial charge on any atom is 0.513 e. The van der Waals surface area contributed by atoms with Crippen LogP contribution in [0.25, 0.3) is 0 Å². The molecule has 0 aromatic heterocycles. The number of carbonyl (C=O) groups excluding carboxylic acids is 2. The molecule has 0 aliphatic heterocycles. The third-order valence-electron chi connectivity index (χ3n) is 3.62. The first-order valence-electron chi connectivity index (χ1n) is 8.90. The molecule has 0 bridgehead atoms. The summed E-state index contributed by atoms with van der Waals surface area (Å²) in [5, 5.41) is 0. The normalized spacial score (nSPS) is 11.0. The van der Waals surface area contributed by atoms with Crippen LogP contribution in [-0.2, 0) is 24.4 Å². The molecule has 0 fully saturated rings. The number of esters is 1. The molecule has 152 valence electrons. The van der Waals surface area contributed by atoms with Crippen molar-refractivity contribution in [1.29, 1.82) is 0 Å². The maximum absolute atomic E-state index is 11.5. The number of benzene rings is 1. The first-order valence-corrected chi connectivity index (χ1v) is 10.3. The fraction of sp³-hybridized carbons (Fsp3) is 0.556. The van der Waals surface area contributed by atoms with E-state index in [9.17, 15) is 18.0 Å². The highest BCUT2D eigenvalue weighted by molar-refractivity contribution is 7.85. The van der Waals surface area contributed by atoms with Crippen molar-refractivity contribution in [1.82, 2.24) is 0 Å². The second kappa shape index (κ2) is 12.3. The molecule has 0 saturated heterocycles. The highest BCUT2D eigenvalue weighted by atomic mass is 32.2. The summed E-state index contributed by atoms with van der Waals surface area (Å²) in [4.78, 5) is 22.7. The van der Waals surface area contributed by atoms with Gasteiger partial charge < -0.3 is 14.2 Å². The van der Waals surface area contributed by atoms with Gasteiger partial charge in [0.25, 0.3) is 10.1 Å². The second-order valence-corrected chi connectivity index (χ2v) is 7.31. The van der Waals surface area contributed by atoms with E-state index in [1.807, 2.05) is 0 Å². The molecule has 1 aromatic carbocycles. The zero-order valence-corrected chi connectivity index (χ0v) is 16.2. The number of unbranched alkanes of at least 4 members (excludes halogenated alkanes) is 5. The van der Waals surface area contributed by atoms with Gasteiger partial charge in [0.1, 0.15) is 19.0 Å². The standard InChI is InChI=1S/C18H26O8S/c1-2-3-4-5-6-7-8-17(19)24-13-14-25-18(20)26-15-9-11-16(12-10-15)27(21,22)23/h9-12H,2-8,13-14H2,1H3,(H,21,22,23). The van der Waals surface area contributed by atoms with Gasteiger partial charge >= 0.3 is 12.1 Å². The number of hydrogen-bond acceptors (Lipinski definition) is 7. The van der Waals surface area contributed by atoms with Crippen LogP contribution in [0.1, 0.15) is 51.9 Å². The molecule has 1 N–H and O–H groups in total. The maximum atomic E-state index is 11.5. The average Bonchev–Trinajstić information content (AvgIpc) is 2.61. The van der Waals surface area contributed by atoms with E-state index >= 15 is 0 Å². The number of rotatable bonds is 12. The smallest absolute Gasteiger partial charge is 0.462 e. The Balaban J connectivity index is 2.14. The second-order valence-electron chi connectivity index (χ2n) is 5.89. The van der Waals surface area contributed by atoms with E-state index in [1.165, 1.54) is 31.4 Å². The van der Waals surface area contributed by atoms with E-state index in [0.717, 1.165) is 31.4 Å². The molecule has 0 saturated carbocycles. The molecule has 1 aromatic rings. The summed E-state index contributed by atoms with van der Waals surface area (Å²) in [6.07, 6.45) is 5.79. The van der Waals surface area contributed by atoms with E-state index in [0.29, 0.717) is 6.42 Å². The van der Waals surface area contributed by atoms with Crippen LogP contribution in [0.4, 0.5) is 4.79 Å². The molecule has 0 unspecified atom stereocenters. The minimum atomic E-state index is -4.31. The van der Waals surface area contributed by atoms with Crippen LogP contribution >= 0.6 is 0 Å². The number of hydrogen-bond donors (Lipinski definition) is 1. The lowest BCUT2D eigenvalue weighted by Crippen LogP contribution is -2.16. The molecule has 1 rings (SSSR count). The van der Waals surface area contributed by atoms with Crippen LogP contribution in [0, 0.1) is 0 Å². The average molecular weight is 402 g/mol. The van der Waals surface area contributed by atoms with Crippen molar-refractivity contribution in [2.24, 2.45) is 0 Å². The monoisotopic (exact) mass is 402 g/mol. The molecule has 8 nitrogen and oxygen atoms in total. The lowest BCUT2D eigenvalue weighted by atomic mass is 10.1. The topological polar surface area (TPSA) is 116 Å².